The fourth-order valence-electron chi connectivity index (χ4n) is 0.796. The van der Waals surface area contributed by atoms with Gasteiger partial charge < -0.3 is 0 Å². The van der Waals surface area contributed by atoms with Crippen molar-refractivity contribution in [1.82, 2.24) is 14.9 Å². The smallest absolute Gasteiger partial charge is 0.261 e. The maximum Gasteiger partial charge on any atom is 0.402 e. The lowest BCUT2D eigenvalue weighted by Crippen LogP contribution is -2.37. The topological polar surface area (TPSA) is 111 Å². The molecule has 0 spiro atoms. The molecule has 17 heavy (non-hydrogen) atoms. The Balaban J connectivity index is 2.72. The summed E-state index contributed by atoms with van der Waals surface area (Å²) in [4.78, 5) is 0. The maximum atomic E-state index is 11.8. The quantitative estimate of drug-likeness (QED) is 0.719. The second kappa shape index (κ2) is 4.60. The summed E-state index contributed by atoms with van der Waals surface area (Å²) in [7, 11) is -4.41. The molecule has 0 fully saturated rings. The minimum atomic E-state index is -4.67. The van der Waals surface area contributed by atoms with Crippen LogP contribution in [-0.4, -0.2) is 31.3 Å². The molecule has 1 aromatic rings. The summed E-state index contributed by atoms with van der Waals surface area (Å²) in [6.45, 7) is -1.71. The predicted octanol–water partition coefficient (Wildman–Crippen LogP) is 0.0900. The number of halogens is 3. The maximum absolute atomic E-state index is 11.8. The van der Waals surface area contributed by atoms with E-state index in [0.717, 1.165) is 6.20 Å². The van der Waals surface area contributed by atoms with Gasteiger partial charge in [0, 0.05) is 0 Å². The average molecular weight is 269 g/mol. The van der Waals surface area contributed by atoms with Gasteiger partial charge in [-0.25, -0.2) is 0 Å². The molecule has 0 bridgehead atoms. The average Bonchev–Trinajstić information content (AvgIpc) is 2.61. The van der Waals surface area contributed by atoms with Gasteiger partial charge in [0.25, 0.3) is 0 Å². The number of nitrogens with one attached hydrogen (secondary N) is 3. The molecule has 94 valence electrons. The van der Waals surface area contributed by atoms with Crippen molar-refractivity contribution in [2.24, 2.45) is 0 Å². The Morgan fingerprint density at radius 2 is 2.18 bits per heavy atom. The van der Waals surface area contributed by atoms with Crippen LogP contribution < -0.4 is 9.44 Å². The second-order valence-electron chi connectivity index (χ2n) is 2.81. The summed E-state index contributed by atoms with van der Waals surface area (Å²) in [6, 6.07) is 1.60. The third-order valence-corrected chi connectivity index (χ3v) is 2.46. The van der Waals surface area contributed by atoms with E-state index in [2.05, 4.69) is 10.2 Å². The fourth-order valence-corrected chi connectivity index (χ4v) is 1.65. The summed E-state index contributed by atoms with van der Waals surface area (Å²) < 4.78 is 60.6. The Labute approximate surface area is 93.8 Å². The molecule has 0 aliphatic carbocycles. The van der Waals surface area contributed by atoms with Gasteiger partial charge in [-0.3, -0.25) is 9.82 Å². The summed E-state index contributed by atoms with van der Waals surface area (Å²) in [5.74, 6) is -0.304. The number of aromatic amines is 1. The van der Waals surface area contributed by atoms with E-state index in [4.69, 9.17) is 5.26 Å². The highest BCUT2D eigenvalue weighted by molar-refractivity contribution is 7.90. The Hall–Kier alpha value is -1.80. The SMILES string of the molecule is N#Cc1cn[nH]c1NS(=O)(=O)NCC(F)(F)F. The van der Waals surface area contributed by atoms with Gasteiger partial charge in [-0.1, -0.05) is 0 Å². The number of anilines is 1. The van der Waals surface area contributed by atoms with E-state index in [9.17, 15) is 21.6 Å². The van der Waals surface area contributed by atoms with Crippen LogP contribution in [0.1, 0.15) is 5.56 Å². The van der Waals surface area contributed by atoms with Gasteiger partial charge in [0.1, 0.15) is 18.2 Å². The molecule has 0 saturated carbocycles. The fraction of sp³-hybridized carbons (Fsp3) is 0.333. The van der Waals surface area contributed by atoms with Crippen LogP contribution in [-0.2, 0) is 10.2 Å². The van der Waals surface area contributed by atoms with Crippen molar-refractivity contribution in [3.8, 4) is 6.07 Å². The van der Waals surface area contributed by atoms with Crippen LogP contribution in [0.25, 0.3) is 0 Å². The molecule has 7 nitrogen and oxygen atoms in total. The highest BCUT2D eigenvalue weighted by Gasteiger charge is 2.29. The third-order valence-electron chi connectivity index (χ3n) is 1.46. The van der Waals surface area contributed by atoms with Gasteiger partial charge in [-0.2, -0.15) is 36.7 Å². The standard InChI is InChI=1S/C6H6F3N5O2S/c7-6(8,9)3-12-17(15,16)14-5-4(1-10)2-11-13-5/h2,12H,3H2,(H2,11,13,14). The van der Waals surface area contributed by atoms with Crippen molar-refractivity contribution < 1.29 is 21.6 Å². The van der Waals surface area contributed by atoms with E-state index >= 15 is 0 Å². The number of hydrogen-bond donors (Lipinski definition) is 3. The van der Waals surface area contributed by atoms with Crippen LogP contribution in [0.5, 0.6) is 0 Å². The third kappa shape index (κ3) is 4.29. The zero-order valence-corrected chi connectivity index (χ0v) is 8.85. The Morgan fingerprint density at radius 1 is 1.53 bits per heavy atom. The van der Waals surface area contributed by atoms with Crippen LogP contribution in [0.15, 0.2) is 6.20 Å². The first-order valence-corrected chi connectivity index (χ1v) is 5.49. The molecular formula is C6H6F3N5O2S. The lowest BCUT2D eigenvalue weighted by atomic mass is 10.4. The number of rotatable bonds is 4. The number of alkyl halides is 3. The highest BCUT2D eigenvalue weighted by Crippen LogP contribution is 2.14. The Bertz CT molecular complexity index is 529. The van der Waals surface area contributed by atoms with Crippen molar-refractivity contribution >= 4 is 16.0 Å². The first kappa shape index (κ1) is 13.3. The molecule has 0 saturated heterocycles. The van der Waals surface area contributed by atoms with E-state index in [1.165, 1.54) is 4.72 Å². The number of H-pyrrole nitrogens is 1. The molecule has 1 aromatic heterocycles. The zero-order valence-electron chi connectivity index (χ0n) is 8.04. The van der Waals surface area contributed by atoms with Crippen molar-refractivity contribution in [2.75, 3.05) is 11.3 Å². The molecule has 0 aromatic carbocycles. The van der Waals surface area contributed by atoms with Crippen LogP contribution in [0.2, 0.25) is 0 Å². The van der Waals surface area contributed by atoms with E-state index in [1.807, 2.05) is 0 Å². The number of nitrogens with zero attached hydrogens (tertiary/aromatic N) is 2. The minimum Gasteiger partial charge on any atom is -0.261 e. The van der Waals surface area contributed by atoms with Crippen molar-refractivity contribution in [2.45, 2.75) is 6.18 Å². The molecule has 0 unspecified atom stereocenters. The molecule has 0 amide bonds. The minimum absolute atomic E-state index is 0.137. The van der Waals surface area contributed by atoms with E-state index in [-0.39, 0.29) is 11.4 Å². The van der Waals surface area contributed by atoms with Crippen LogP contribution in [0.4, 0.5) is 19.0 Å². The Morgan fingerprint density at radius 3 is 2.71 bits per heavy atom. The number of aromatic nitrogens is 2. The molecule has 0 atom stereocenters. The van der Waals surface area contributed by atoms with Crippen LogP contribution >= 0.6 is 0 Å². The molecule has 3 N–H and O–H groups in total. The van der Waals surface area contributed by atoms with Crippen LogP contribution in [0, 0.1) is 11.3 Å². The molecule has 1 rings (SSSR count). The second-order valence-corrected chi connectivity index (χ2v) is 4.31. The predicted molar refractivity (Wildman–Crippen MR) is 49.9 cm³/mol. The molecule has 0 aliphatic heterocycles. The largest absolute Gasteiger partial charge is 0.402 e. The van der Waals surface area contributed by atoms with E-state index < -0.39 is 22.9 Å². The molecule has 0 radical (unpaired) electrons. The van der Waals surface area contributed by atoms with Gasteiger partial charge in [-0.05, 0) is 0 Å². The summed E-state index contributed by atoms with van der Waals surface area (Å²) in [5, 5.41) is 14.0. The normalized spacial score (nSPS) is 12.1. The van der Waals surface area contributed by atoms with E-state index in [0.29, 0.717) is 0 Å². The zero-order chi connectivity index (χ0) is 13.1. The number of nitriles is 1. The molecular weight excluding hydrogens is 263 g/mol. The highest BCUT2D eigenvalue weighted by atomic mass is 32.2. The first-order chi connectivity index (χ1) is 7.73. The lowest BCUT2D eigenvalue weighted by Gasteiger charge is -2.09. The molecule has 0 aliphatic rings. The Kier molecular flexibility index (Phi) is 3.59. The van der Waals surface area contributed by atoms with Crippen molar-refractivity contribution in [3.63, 3.8) is 0 Å². The van der Waals surface area contributed by atoms with Crippen molar-refractivity contribution in [1.29, 1.82) is 5.26 Å². The summed E-state index contributed by atoms with van der Waals surface area (Å²) in [5.41, 5.74) is -0.137. The van der Waals surface area contributed by atoms with E-state index in [1.54, 1.807) is 10.8 Å². The van der Waals surface area contributed by atoms with Gasteiger partial charge in [-0.15, -0.1) is 0 Å². The van der Waals surface area contributed by atoms with Gasteiger partial charge in [0.15, 0.2) is 5.82 Å². The summed E-state index contributed by atoms with van der Waals surface area (Å²) >= 11 is 0. The van der Waals surface area contributed by atoms with Gasteiger partial charge in [0.05, 0.1) is 6.20 Å². The van der Waals surface area contributed by atoms with Crippen molar-refractivity contribution in [3.05, 3.63) is 11.8 Å². The number of hydrogen-bond acceptors (Lipinski definition) is 4. The summed E-state index contributed by atoms with van der Waals surface area (Å²) in [6.07, 6.45) is -3.64. The first-order valence-electron chi connectivity index (χ1n) is 4.01. The van der Waals surface area contributed by atoms with Gasteiger partial charge >= 0.3 is 16.4 Å². The van der Waals surface area contributed by atoms with Gasteiger partial charge in [0.2, 0.25) is 0 Å². The molecule has 1 heterocycles. The monoisotopic (exact) mass is 269 g/mol. The molecule has 11 heteroatoms. The van der Waals surface area contributed by atoms with Crippen LogP contribution in [0.3, 0.4) is 0 Å². The lowest BCUT2D eigenvalue weighted by molar-refractivity contribution is -0.121.